The van der Waals surface area contributed by atoms with Gasteiger partial charge in [-0.2, -0.15) is 0 Å². The minimum atomic E-state index is -0.699. The molecule has 1 unspecified atom stereocenters. The Balaban J connectivity index is 1.32. The number of carbonyl (C=O) groups excluding carboxylic acids is 2. The van der Waals surface area contributed by atoms with E-state index in [4.69, 9.17) is 0 Å². The van der Waals surface area contributed by atoms with Crippen LogP contribution in [0.2, 0.25) is 0 Å². The van der Waals surface area contributed by atoms with E-state index in [2.05, 4.69) is 20.0 Å². The van der Waals surface area contributed by atoms with Crippen LogP contribution in [0.4, 0.5) is 8.78 Å². The monoisotopic (exact) mass is 423 g/mol. The summed E-state index contributed by atoms with van der Waals surface area (Å²) in [6.07, 6.45) is 7.28. The second kappa shape index (κ2) is 7.57. The van der Waals surface area contributed by atoms with Crippen LogP contribution in [0.15, 0.2) is 42.9 Å². The number of hydrogen-bond donors (Lipinski definition) is 1. The maximum atomic E-state index is 13.9. The van der Waals surface area contributed by atoms with E-state index in [1.54, 1.807) is 0 Å². The SMILES string of the molecule is O=C(NC1CCn2ccc3c2C(=CCC3)C1=O)c1ncn(Cc2c(F)cccc2F)n1. The van der Waals surface area contributed by atoms with E-state index in [0.717, 1.165) is 36.2 Å². The van der Waals surface area contributed by atoms with Crippen LogP contribution in [0.1, 0.15) is 40.3 Å². The van der Waals surface area contributed by atoms with E-state index < -0.39 is 23.6 Å². The number of halogens is 2. The molecule has 1 amide bonds. The number of benzene rings is 1. The van der Waals surface area contributed by atoms with Gasteiger partial charge in [0, 0.05) is 23.9 Å². The first-order valence-corrected chi connectivity index (χ1v) is 10.1. The minimum absolute atomic E-state index is 0.125. The lowest BCUT2D eigenvalue weighted by Gasteiger charge is -2.17. The van der Waals surface area contributed by atoms with Crippen molar-refractivity contribution in [1.29, 1.82) is 0 Å². The molecule has 0 fully saturated rings. The molecule has 31 heavy (non-hydrogen) atoms. The van der Waals surface area contributed by atoms with Gasteiger partial charge in [-0.05, 0) is 43.0 Å². The number of allylic oxidation sites excluding steroid dienone is 1. The van der Waals surface area contributed by atoms with E-state index in [-0.39, 0.29) is 23.7 Å². The van der Waals surface area contributed by atoms with Crippen molar-refractivity contribution in [3.63, 3.8) is 0 Å². The second-order valence-corrected chi connectivity index (χ2v) is 7.68. The highest BCUT2D eigenvalue weighted by atomic mass is 19.1. The van der Waals surface area contributed by atoms with Gasteiger partial charge in [0.2, 0.25) is 5.82 Å². The standard InChI is InChI=1S/C22H19F2N5O2/c23-16-5-2-6-17(24)15(16)11-29-12-25-21(27-29)22(31)26-18-8-10-28-9-7-13-3-1-4-14(19(13)28)20(18)30/h2,4-7,9,12,18H,1,3,8,10-11H2,(H,26,31). The van der Waals surface area contributed by atoms with Crippen LogP contribution >= 0.6 is 0 Å². The molecule has 1 aromatic carbocycles. The molecule has 0 radical (unpaired) electrons. The fourth-order valence-corrected chi connectivity index (χ4v) is 4.19. The highest BCUT2D eigenvalue weighted by Gasteiger charge is 2.32. The number of amides is 1. The molecule has 9 heteroatoms. The van der Waals surface area contributed by atoms with Crippen molar-refractivity contribution < 1.29 is 18.4 Å². The molecule has 2 aliphatic rings. The number of hydrogen-bond acceptors (Lipinski definition) is 4. The smallest absolute Gasteiger partial charge is 0.291 e. The normalized spacial score (nSPS) is 17.7. The molecule has 5 rings (SSSR count). The lowest BCUT2D eigenvalue weighted by atomic mass is 9.92. The summed E-state index contributed by atoms with van der Waals surface area (Å²) in [5.74, 6) is -2.29. The number of nitrogens with one attached hydrogen (secondary N) is 1. The predicted octanol–water partition coefficient (Wildman–Crippen LogP) is 2.51. The lowest BCUT2D eigenvalue weighted by Crippen LogP contribution is -2.41. The Morgan fingerprint density at radius 2 is 2.03 bits per heavy atom. The van der Waals surface area contributed by atoms with Crippen molar-refractivity contribution >= 4 is 17.3 Å². The van der Waals surface area contributed by atoms with Crippen LogP contribution in [-0.4, -0.2) is 37.1 Å². The summed E-state index contributed by atoms with van der Waals surface area (Å²) in [5, 5.41) is 6.75. The van der Waals surface area contributed by atoms with E-state index in [1.807, 2.05) is 18.3 Å². The number of rotatable bonds is 4. The van der Waals surface area contributed by atoms with Crippen molar-refractivity contribution in [3.8, 4) is 0 Å². The van der Waals surface area contributed by atoms with Gasteiger partial charge in [0.15, 0.2) is 5.78 Å². The molecule has 0 bridgehead atoms. The summed E-state index contributed by atoms with van der Waals surface area (Å²) in [6, 6.07) is 4.94. The van der Waals surface area contributed by atoms with Gasteiger partial charge in [-0.25, -0.2) is 18.4 Å². The number of aromatic nitrogens is 4. The van der Waals surface area contributed by atoms with Gasteiger partial charge in [-0.15, -0.1) is 5.10 Å². The molecule has 3 heterocycles. The largest absolute Gasteiger partial charge is 0.347 e. The lowest BCUT2D eigenvalue weighted by molar-refractivity contribution is -0.115. The Bertz CT molecular complexity index is 1210. The van der Waals surface area contributed by atoms with E-state index in [0.29, 0.717) is 18.5 Å². The van der Waals surface area contributed by atoms with Crippen LogP contribution < -0.4 is 5.32 Å². The van der Waals surface area contributed by atoms with Gasteiger partial charge in [0.05, 0.1) is 18.3 Å². The summed E-state index contributed by atoms with van der Waals surface area (Å²) >= 11 is 0. The second-order valence-electron chi connectivity index (χ2n) is 7.68. The molecule has 0 saturated carbocycles. The highest BCUT2D eigenvalue weighted by molar-refractivity contribution is 6.24. The zero-order valence-electron chi connectivity index (χ0n) is 16.5. The molecule has 1 aliphatic heterocycles. The third-order valence-electron chi connectivity index (χ3n) is 5.73. The number of ketones is 1. The van der Waals surface area contributed by atoms with Crippen molar-refractivity contribution in [2.24, 2.45) is 0 Å². The maximum Gasteiger partial charge on any atom is 0.291 e. The average Bonchev–Trinajstić information content (AvgIpc) is 3.37. The first kappa shape index (κ1) is 19.3. The van der Waals surface area contributed by atoms with Crippen molar-refractivity contribution in [2.75, 3.05) is 0 Å². The quantitative estimate of drug-likeness (QED) is 0.699. The fourth-order valence-electron chi connectivity index (χ4n) is 4.19. The van der Waals surface area contributed by atoms with Crippen LogP contribution in [0.3, 0.4) is 0 Å². The zero-order valence-corrected chi connectivity index (χ0v) is 16.5. The van der Waals surface area contributed by atoms with Gasteiger partial charge in [-0.3, -0.25) is 9.59 Å². The first-order chi connectivity index (χ1) is 15.0. The summed E-state index contributed by atoms with van der Waals surface area (Å²) in [7, 11) is 0. The van der Waals surface area contributed by atoms with Crippen LogP contribution in [0.25, 0.3) is 5.57 Å². The molecule has 1 aliphatic carbocycles. The zero-order chi connectivity index (χ0) is 21.5. The topological polar surface area (TPSA) is 81.8 Å². The molecular weight excluding hydrogens is 404 g/mol. The van der Waals surface area contributed by atoms with Crippen molar-refractivity contribution in [3.05, 3.63) is 77.1 Å². The predicted molar refractivity (Wildman–Crippen MR) is 107 cm³/mol. The van der Waals surface area contributed by atoms with E-state index in [9.17, 15) is 18.4 Å². The minimum Gasteiger partial charge on any atom is -0.347 e. The van der Waals surface area contributed by atoms with Gasteiger partial charge < -0.3 is 9.88 Å². The number of Topliss-reactive ketones (excluding diaryl/α,β-unsaturated/α-hetero) is 1. The number of carbonyl (C=O) groups is 2. The van der Waals surface area contributed by atoms with Gasteiger partial charge in [0.25, 0.3) is 5.91 Å². The fraction of sp³-hybridized carbons (Fsp3) is 0.273. The van der Waals surface area contributed by atoms with Crippen LogP contribution in [-0.2, 0) is 24.3 Å². The molecule has 2 aromatic heterocycles. The highest BCUT2D eigenvalue weighted by Crippen LogP contribution is 2.32. The van der Waals surface area contributed by atoms with E-state index in [1.165, 1.54) is 17.1 Å². The summed E-state index contributed by atoms with van der Waals surface area (Å²) in [6.45, 7) is 0.407. The summed E-state index contributed by atoms with van der Waals surface area (Å²) in [4.78, 5) is 29.7. The Kier molecular flexibility index (Phi) is 4.72. The Hall–Kier alpha value is -3.62. The molecule has 1 atom stereocenters. The third-order valence-corrected chi connectivity index (χ3v) is 5.73. The molecule has 0 saturated heterocycles. The first-order valence-electron chi connectivity index (χ1n) is 10.1. The van der Waals surface area contributed by atoms with Gasteiger partial charge in [0.1, 0.15) is 18.0 Å². The van der Waals surface area contributed by atoms with Crippen molar-refractivity contribution in [1.82, 2.24) is 24.6 Å². The molecule has 158 valence electrons. The number of aryl methyl sites for hydroxylation is 2. The van der Waals surface area contributed by atoms with Gasteiger partial charge in [-0.1, -0.05) is 12.1 Å². The molecule has 0 spiro atoms. The molecule has 7 nitrogen and oxygen atoms in total. The Morgan fingerprint density at radius 3 is 2.84 bits per heavy atom. The summed E-state index contributed by atoms with van der Waals surface area (Å²) < 4.78 is 31.0. The number of nitrogens with zero attached hydrogens (tertiary/aromatic N) is 4. The summed E-state index contributed by atoms with van der Waals surface area (Å²) in [5.41, 5.74) is 2.57. The van der Waals surface area contributed by atoms with Gasteiger partial charge >= 0.3 is 0 Å². The molecule has 3 aromatic rings. The molecular formula is C22H19F2N5O2. The maximum absolute atomic E-state index is 13.9. The van der Waals surface area contributed by atoms with E-state index >= 15 is 0 Å². The Labute approximate surface area is 176 Å². The van der Waals surface area contributed by atoms with Crippen LogP contribution in [0, 0.1) is 11.6 Å². The third kappa shape index (κ3) is 3.45. The average molecular weight is 423 g/mol. The van der Waals surface area contributed by atoms with Crippen molar-refractivity contribution in [2.45, 2.75) is 38.4 Å². The molecule has 1 N–H and O–H groups in total. The van der Waals surface area contributed by atoms with Crippen LogP contribution in [0.5, 0.6) is 0 Å². The Morgan fingerprint density at radius 1 is 1.23 bits per heavy atom.